The van der Waals surface area contributed by atoms with Crippen LogP contribution in [0.4, 0.5) is 16.2 Å². The molecule has 152 valence electrons. The van der Waals surface area contributed by atoms with Crippen LogP contribution >= 0.6 is 0 Å². The molecule has 0 saturated carbocycles. The van der Waals surface area contributed by atoms with E-state index in [9.17, 15) is 14.1 Å². The average molecular weight is 414 g/mol. The molecule has 4 N–H and O–H groups in total. The lowest BCUT2D eigenvalue weighted by molar-refractivity contribution is -0.136. The van der Waals surface area contributed by atoms with Crippen LogP contribution in [0.15, 0.2) is 47.4 Å². The van der Waals surface area contributed by atoms with Gasteiger partial charge in [-0.05, 0) is 47.4 Å². The highest BCUT2D eigenvalue weighted by atomic mass is 32.2. The Balaban J connectivity index is 1.81. The van der Waals surface area contributed by atoms with E-state index >= 15 is 0 Å². The third-order valence-electron chi connectivity index (χ3n) is 4.76. The van der Waals surface area contributed by atoms with E-state index in [1.807, 2.05) is 12.1 Å². The van der Waals surface area contributed by atoms with Crippen molar-refractivity contribution in [1.29, 1.82) is 5.41 Å². The quantitative estimate of drug-likeness (QED) is 0.363. The number of nitrogens with zero attached hydrogens (tertiary/aromatic N) is 2. The van der Waals surface area contributed by atoms with Crippen LogP contribution < -0.4 is 15.5 Å². The Morgan fingerprint density at radius 2 is 1.86 bits per heavy atom. The van der Waals surface area contributed by atoms with Crippen molar-refractivity contribution < 1.29 is 19.2 Å². The van der Waals surface area contributed by atoms with Gasteiger partial charge in [0.2, 0.25) is 0 Å². The second kappa shape index (κ2) is 8.54. The number of carbonyl (C=O) groups is 2. The molecule has 0 aromatic heterocycles. The number of amides is 2. The summed E-state index contributed by atoms with van der Waals surface area (Å²) >= 11 is -1.36. The molecule has 2 aromatic rings. The number of carboxylic acid groups (broad SMARTS) is 1. The van der Waals surface area contributed by atoms with E-state index < -0.39 is 17.1 Å². The largest absolute Gasteiger partial charge is 0.612 e. The highest BCUT2D eigenvalue weighted by molar-refractivity contribution is 7.90. The van der Waals surface area contributed by atoms with Crippen LogP contribution in [0.3, 0.4) is 0 Å². The molecule has 1 unspecified atom stereocenters. The first kappa shape index (κ1) is 20.7. The van der Waals surface area contributed by atoms with Gasteiger partial charge in [-0.25, -0.2) is 4.79 Å². The summed E-state index contributed by atoms with van der Waals surface area (Å²) in [5.41, 5.74) is 8.14. The average Bonchev–Trinajstić information content (AvgIpc) is 3.07. The number of urea groups is 1. The number of hydrogen-bond donors (Lipinski definition) is 3. The maximum atomic E-state index is 13.0. The normalized spacial score (nSPS) is 14.9. The Hall–Kier alpha value is -3.04. The van der Waals surface area contributed by atoms with Crippen molar-refractivity contribution in [2.75, 3.05) is 29.1 Å². The van der Waals surface area contributed by atoms with E-state index in [2.05, 4.69) is 0 Å². The van der Waals surface area contributed by atoms with Gasteiger partial charge in [-0.2, -0.15) is 0 Å². The van der Waals surface area contributed by atoms with Gasteiger partial charge in [-0.15, -0.1) is 0 Å². The maximum absolute atomic E-state index is 13.0. The van der Waals surface area contributed by atoms with Gasteiger partial charge >= 0.3 is 12.0 Å². The summed E-state index contributed by atoms with van der Waals surface area (Å²) in [6, 6.07) is 11.9. The molecule has 1 atom stereocenters. The van der Waals surface area contributed by atoms with E-state index in [4.69, 9.17) is 16.2 Å². The zero-order valence-electron chi connectivity index (χ0n) is 15.9. The minimum Gasteiger partial charge on any atom is -0.612 e. The van der Waals surface area contributed by atoms with E-state index in [1.54, 1.807) is 40.1 Å². The van der Waals surface area contributed by atoms with Gasteiger partial charge in [0.05, 0.1) is 0 Å². The second-order valence-corrected chi connectivity index (χ2v) is 8.04. The van der Waals surface area contributed by atoms with Gasteiger partial charge in [0.15, 0.2) is 4.90 Å². The summed E-state index contributed by atoms with van der Waals surface area (Å²) in [5.74, 6) is -0.972. The number of hydrogen-bond acceptors (Lipinski definition) is 4. The van der Waals surface area contributed by atoms with Crippen LogP contribution in [-0.4, -0.2) is 46.8 Å². The molecule has 0 aliphatic carbocycles. The summed E-state index contributed by atoms with van der Waals surface area (Å²) < 4.78 is 12.2. The fourth-order valence-electron chi connectivity index (χ4n) is 3.23. The van der Waals surface area contributed by atoms with Crippen molar-refractivity contribution in [3.8, 4) is 0 Å². The highest BCUT2D eigenvalue weighted by Crippen LogP contribution is 2.31. The van der Waals surface area contributed by atoms with Crippen molar-refractivity contribution >= 4 is 40.4 Å². The Morgan fingerprint density at radius 3 is 2.45 bits per heavy atom. The number of amidine groups is 1. The molecule has 3 rings (SSSR count). The van der Waals surface area contributed by atoms with Gasteiger partial charge in [0.25, 0.3) is 0 Å². The molecule has 29 heavy (non-hydrogen) atoms. The molecular formula is C20H22N4O4S. The van der Waals surface area contributed by atoms with Crippen LogP contribution in [0.2, 0.25) is 0 Å². The standard InChI is InChI=1S/C20H22N4O4S/c1-29(28)17-12-14(19(21)22)5-8-16(17)24-11-10-23(20(24)27)15-6-2-13(3-7-15)4-9-18(25)26/h2-3,5-8,12H,4,9-11H2,1H3,(H3,21,22)(H,25,26). The van der Waals surface area contributed by atoms with Gasteiger partial charge in [-0.3, -0.25) is 20.0 Å². The molecule has 0 spiro atoms. The number of nitrogens with one attached hydrogen (secondary N) is 1. The third kappa shape index (κ3) is 4.52. The first-order valence-corrected chi connectivity index (χ1v) is 10.6. The number of nitrogen functional groups attached to an aromatic ring is 1. The van der Waals surface area contributed by atoms with E-state index in [0.29, 0.717) is 35.7 Å². The number of rotatable bonds is 7. The summed E-state index contributed by atoms with van der Waals surface area (Å²) in [6.07, 6.45) is 2.02. The van der Waals surface area contributed by atoms with Crippen molar-refractivity contribution in [3.63, 3.8) is 0 Å². The zero-order valence-corrected chi connectivity index (χ0v) is 16.7. The Kier molecular flexibility index (Phi) is 6.09. The van der Waals surface area contributed by atoms with Gasteiger partial charge in [0, 0.05) is 36.8 Å². The van der Waals surface area contributed by atoms with Crippen molar-refractivity contribution in [1.82, 2.24) is 0 Å². The summed E-state index contributed by atoms with van der Waals surface area (Å²) in [5, 5.41) is 16.3. The smallest absolute Gasteiger partial charge is 0.329 e. The first-order valence-electron chi connectivity index (χ1n) is 8.99. The molecule has 0 bridgehead atoms. The van der Waals surface area contributed by atoms with E-state index in [0.717, 1.165) is 11.3 Å². The van der Waals surface area contributed by atoms with Crippen LogP contribution in [0, 0.1) is 5.41 Å². The molecule has 2 amide bonds. The molecule has 2 aromatic carbocycles. The van der Waals surface area contributed by atoms with Gasteiger partial charge in [0.1, 0.15) is 17.8 Å². The minimum absolute atomic E-state index is 0.0585. The minimum atomic E-state index is -1.36. The molecular weight excluding hydrogens is 392 g/mol. The lowest BCUT2D eigenvalue weighted by Crippen LogP contribution is -2.32. The SMILES string of the molecule is C[S+]([O-])c1cc(C(=N)N)ccc1N1CCN(c2ccc(CCC(=O)O)cc2)C1=O. The number of aryl methyl sites for hydroxylation is 1. The number of carboxylic acids is 1. The van der Waals surface area contributed by atoms with E-state index in [-0.39, 0.29) is 18.3 Å². The lowest BCUT2D eigenvalue weighted by Gasteiger charge is -2.21. The number of carbonyl (C=O) groups excluding carboxylic acids is 1. The molecule has 1 aliphatic rings. The number of benzene rings is 2. The predicted octanol–water partition coefficient (Wildman–Crippen LogP) is 2.17. The van der Waals surface area contributed by atoms with E-state index in [1.165, 1.54) is 6.26 Å². The summed E-state index contributed by atoms with van der Waals surface area (Å²) in [4.78, 5) is 27.4. The molecule has 1 fully saturated rings. The van der Waals surface area contributed by atoms with Crippen molar-refractivity contribution in [3.05, 3.63) is 53.6 Å². The predicted molar refractivity (Wildman–Crippen MR) is 112 cm³/mol. The topological polar surface area (TPSA) is 134 Å². The molecule has 8 nitrogen and oxygen atoms in total. The third-order valence-corrected chi connectivity index (χ3v) is 5.70. The van der Waals surface area contributed by atoms with Crippen LogP contribution in [0.25, 0.3) is 0 Å². The molecule has 1 aliphatic heterocycles. The molecule has 1 saturated heterocycles. The number of nitrogens with two attached hydrogens (primary N) is 1. The fraction of sp³-hybridized carbons (Fsp3) is 0.250. The molecule has 0 radical (unpaired) electrons. The van der Waals surface area contributed by atoms with Gasteiger partial charge in [-0.1, -0.05) is 12.1 Å². The summed E-state index contributed by atoms with van der Waals surface area (Å²) in [7, 11) is 0. The highest BCUT2D eigenvalue weighted by Gasteiger charge is 2.33. The van der Waals surface area contributed by atoms with Crippen LogP contribution in [-0.2, 0) is 22.4 Å². The zero-order chi connectivity index (χ0) is 21.1. The van der Waals surface area contributed by atoms with Crippen LogP contribution in [0.5, 0.6) is 0 Å². The van der Waals surface area contributed by atoms with Crippen molar-refractivity contribution in [2.45, 2.75) is 17.7 Å². The van der Waals surface area contributed by atoms with Gasteiger partial charge < -0.3 is 15.4 Å². The fourth-order valence-corrected chi connectivity index (χ4v) is 3.99. The maximum Gasteiger partial charge on any atom is 0.329 e. The van der Waals surface area contributed by atoms with Crippen LogP contribution in [0.1, 0.15) is 17.5 Å². The number of aliphatic carboxylic acids is 1. The Bertz CT molecular complexity index is 946. The summed E-state index contributed by atoms with van der Waals surface area (Å²) in [6.45, 7) is 0.904. The lowest BCUT2D eigenvalue weighted by atomic mass is 10.1. The first-order chi connectivity index (χ1) is 13.8. The Labute approximate surface area is 171 Å². The monoisotopic (exact) mass is 414 g/mol. The molecule has 1 heterocycles. The molecule has 9 heteroatoms. The second-order valence-electron chi connectivity index (χ2n) is 6.70. The Morgan fingerprint density at radius 1 is 1.21 bits per heavy atom. The number of anilines is 2. The van der Waals surface area contributed by atoms with Crippen molar-refractivity contribution in [2.24, 2.45) is 5.73 Å².